The van der Waals surface area contributed by atoms with Crippen molar-refractivity contribution in [3.63, 3.8) is 0 Å². The largest absolute Gasteiger partial charge is 0.481 e. The Labute approximate surface area is 82.0 Å². The van der Waals surface area contributed by atoms with Gasteiger partial charge in [0.1, 0.15) is 0 Å². The van der Waals surface area contributed by atoms with Crippen LogP contribution in [0.15, 0.2) is 30.3 Å². The van der Waals surface area contributed by atoms with Crippen molar-refractivity contribution < 1.29 is 9.90 Å². The molecule has 0 saturated carbocycles. The van der Waals surface area contributed by atoms with Crippen molar-refractivity contribution in [1.82, 2.24) is 0 Å². The van der Waals surface area contributed by atoms with E-state index in [9.17, 15) is 4.79 Å². The second-order valence-electron chi connectivity index (χ2n) is 2.76. The second kappa shape index (κ2) is 4.92. The molecule has 0 heterocycles. The number of hydrogen-bond acceptors (Lipinski definition) is 2. The molecule has 1 rings (SSSR count). The zero-order chi connectivity index (χ0) is 9.68. The average Bonchev–Trinajstić information content (AvgIpc) is 2.15. The third-order valence-electron chi connectivity index (χ3n) is 1.73. The summed E-state index contributed by atoms with van der Waals surface area (Å²) in [4.78, 5) is 10.3. The van der Waals surface area contributed by atoms with Gasteiger partial charge in [-0.25, -0.2) is 0 Å². The minimum Gasteiger partial charge on any atom is -0.481 e. The van der Waals surface area contributed by atoms with Gasteiger partial charge in [-0.15, -0.1) is 11.8 Å². The highest BCUT2D eigenvalue weighted by Gasteiger charge is 2.06. The van der Waals surface area contributed by atoms with Crippen LogP contribution in [0, 0.1) is 0 Å². The quantitative estimate of drug-likeness (QED) is 0.804. The molecule has 0 bridgehead atoms. The standard InChI is InChI=1S/C10H12O2S/c1-8(13-7-10(11)12)9-5-3-2-4-6-9/h2-6,8H,7H2,1H3,(H,11,12). The van der Waals surface area contributed by atoms with E-state index in [0.717, 1.165) is 0 Å². The van der Waals surface area contributed by atoms with Gasteiger partial charge < -0.3 is 5.11 Å². The van der Waals surface area contributed by atoms with E-state index in [-0.39, 0.29) is 11.0 Å². The predicted octanol–water partition coefficient (Wildman–Crippen LogP) is 2.57. The highest BCUT2D eigenvalue weighted by Crippen LogP contribution is 2.27. The van der Waals surface area contributed by atoms with Crippen LogP contribution in [-0.4, -0.2) is 16.8 Å². The maximum Gasteiger partial charge on any atom is 0.313 e. The number of carboxylic acids is 1. The van der Waals surface area contributed by atoms with E-state index in [0.29, 0.717) is 0 Å². The molecule has 2 nitrogen and oxygen atoms in total. The van der Waals surface area contributed by atoms with Crippen LogP contribution in [0.3, 0.4) is 0 Å². The van der Waals surface area contributed by atoms with Gasteiger partial charge >= 0.3 is 5.97 Å². The lowest BCUT2D eigenvalue weighted by Gasteiger charge is -2.09. The first-order valence-corrected chi connectivity index (χ1v) is 5.13. The molecule has 70 valence electrons. The lowest BCUT2D eigenvalue weighted by molar-refractivity contribution is -0.133. The number of rotatable bonds is 4. The summed E-state index contributed by atoms with van der Waals surface area (Å²) in [5, 5.41) is 8.74. The third-order valence-corrected chi connectivity index (χ3v) is 2.91. The first-order valence-electron chi connectivity index (χ1n) is 4.08. The Morgan fingerprint density at radius 2 is 2.08 bits per heavy atom. The molecular weight excluding hydrogens is 184 g/mol. The van der Waals surface area contributed by atoms with E-state index in [1.807, 2.05) is 37.3 Å². The van der Waals surface area contributed by atoms with Crippen LogP contribution in [0.25, 0.3) is 0 Å². The molecule has 0 fully saturated rings. The number of carbonyl (C=O) groups is 1. The molecule has 0 saturated heterocycles. The van der Waals surface area contributed by atoms with Gasteiger partial charge in [0.15, 0.2) is 0 Å². The molecule has 0 amide bonds. The van der Waals surface area contributed by atoms with Crippen molar-refractivity contribution in [2.24, 2.45) is 0 Å². The number of hydrogen-bond donors (Lipinski definition) is 1. The van der Waals surface area contributed by atoms with Gasteiger partial charge in [0, 0.05) is 5.25 Å². The topological polar surface area (TPSA) is 37.3 Å². The Morgan fingerprint density at radius 3 is 2.62 bits per heavy atom. The minimum atomic E-state index is -0.757. The summed E-state index contributed by atoms with van der Waals surface area (Å²) in [5.41, 5.74) is 1.17. The fourth-order valence-electron chi connectivity index (χ4n) is 1.02. The molecule has 1 unspecified atom stereocenters. The predicted molar refractivity (Wildman–Crippen MR) is 55.0 cm³/mol. The second-order valence-corrected chi connectivity index (χ2v) is 4.09. The molecule has 3 heteroatoms. The van der Waals surface area contributed by atoms with Crippen molar-refractivity contribution >= 4 is 17.7 Å². The lowest BCUT2D eigenvalue weighted by Crippen LogP contribution is -2.00. The summed E-state index contributed by atoms with van der Waals surface area (Å²) in [6.45, 7) is 2.02. The van der Waals surface area contributed by atoms with Crippen LogP contribution < -0.4 is 0 Å². The maximum absolute atomic E-state index is 10.3. The Hall–Kier alpha value is -0.960. The monoisotopic (exact) mass is 196 g/mol. The number of benzene rings is 1. The molecule has 1 aromatic rings. The number of thioether (sulfide) groups is 1. The zero-order valence-electron chi connectivity index (χ0n) is 7.43. The first kappa shape index (κ1) is 10.1. The Balaban J connectivity index is 2.49. The van der Waals surface area contributed by atoms with Gasteiger partial charge in [0.25, 0.3) is 0 Å². The summed E-state index contributed by atoms with van der Waals surface area (Å²) in [5.74, 6) is -0.594. The molecule has 1 N–H and O–H groups in total. The van der Waals surface area contributed by atoms with E-state index in [2.05, 4.69) is 0 Å². The van der Waals surface area contributed by atoms with Gasteiger partial charge in [-0.2, -0.15) is 0 Å². The highest BCUT2D eigenvalue weighted by atomic mass is 32.2. The number of carboxylic acid groups (broad SMARTS) is 1. The van der Waals surface area contributed by atoms with Gasteiger partial charge in [-0.05, 0) is 12.5 Å². The van der Waals surface area contributed by atoms with Crippen LogP contribution >= 0.6 is 11.8 Å². The van der Waals surface area contributed by atoms with Gasteiger partial charge in [-0.3, -0.25) is 4.79 Å². The van der Waals surface area contributed by atoms with Gasteiger partial charge in [0.2, 0.25) is 0 Å². The molecule has 0 aliphatic carbocycles. The Bertz CT molecular complexity index is 272. The molecule has 0 aromatic heterocycles. The lowest BCUT2D eigenvalue weighted by atomic mass is 10.2. The third kappa shape index (κ3) is 3.51. The zero-order valence-corrected chi connectivity index (χ0v) is 8.25. The van der Waals surface area contributed by atoms with Crippen molar-refractivity contribution in [2.75, 3.05) is 5.75 Å². The molecule has 0 aliphatic heterocycles. The minimum absolute atomic E-state index is 0.163. The molecule has 1 atom stereocenters. The smallest absolute Gasteiger partial charge is 0.313 e. The maximum atomic E-state index is 10.3. The first-order chi connectivity index (χ1) is 6.20. The fraction of sp³-hybridized carbons (Fsp3) is 0.300. The summed E-state index contributed by atoms with van der Waals surface area (Å²) in [7, 11) is 0. The molecular formula is C10H12O2S. The van der Waals surface area contributed by atoms with Crippen molar-refractivity contribution in [1.29, 1.82) is 0 Å². The molecule has 1 aromatic carbocycles. The van der Waals surface area contributed by atoms with Gasteiger partial charge in [0.05, 0.1) is 5.75 Å². The fourth-order valence-corrected chi connectivity index (χ4v) is 1.76. The van der Waals surface area contributed by atoms with Crippen LogP contribution in [0.4, 0.5) is 0 Å². The summed E-state index contributed by atoms with van der Waals surface area (Å²) >= 11 is 1.44. The van der Waals surface area contributed by atoms with Crippen LogP contribution in [0.5, 0.6) is 0 Å². The number of aliphatic carboxylic acids is 1. The van der Waals surface area contributed by atoms with Crippen molar-refractivity contribution in [2.45, 2.75) is 12.2 Å². The Kier molecular flexibility index (Phi) is 3.83. The molecule has 0 spiro atoms. The van der Waals surface area contributed by atoms with E-state index in [1.165, 1.54) is 17.3 Å². The van der Waals surface area contributed by atoms with E-state index < -0.39 is 5.97 Å². The van der Waals surface area contributed by atoms with E-state index >= 15 is 0 Å². The summed E-state index contributed by atoms with van der Waals surface area (Å²) in [6.07, 6.45) is 0. The van der Waals surface area contributed by atoms with Crippen molar-refractivity contribution in [3.05, 3.63) is 35.9 Å². The van der Waals surface area contributed by atoms with Gasteiger partial charge in [-0.1, -0.05) is 30.3 Å². The van der Waals surface area contributed by atoms with Crippen LogP contribution in [0.2, 0.25) is 0 Å². The molecule has 0 aliphatic rings. The molecule has 0 radical (unpaired) electrons. The average molecular weight is 196 g/mol. The summed E-state index contributed by atoms with van der Waals surface area (Å²) < 4.78 is 0. The van der Waals surface area contributed by atoms with E-state index in [1.54, 1.807) is 0 Å². The van der Waals surface area contributed by atoms with Crippen molar-refractivity contribution in [3.8, 4) is 0 Å². The summed E-state index contributed by atoms with van der Waals surface area (Å²) in [6, 6.07) is 9.91. The SMILES string of the molecule is CC(SCC(=O)O)c1ccccc1. The van der Waals surface area contributed by atoms with E-state index in [4.69, 9.17) is 5.11 Å². The van der Waals surface area contributed by atoms with Crippen LogP contribution in [0.1, 0.15) is 17.7 Å². The molecule has 13 heavy (non-hydrogen) atoms. The highest BCUT2D eigenvalue weighted by molar-refractivity contribution is 8.00. The normalized spacial score (nSPS) is 12.4. The Morgan fingerprint density at radius 1 is 1.46 bits per heavy atom. The van der Waals surface area contributed by atoms with Crippen LogP contribution in [-0.2, 0) is 4.79 Å².